The van der Waals surface area contributed by atoms with E-state index in [1.54, 1.807) is 0 Å². The summed E-state index contributed by atoms with van der Waals surface area (Å²) in [6.45, 7) is 4.64. The minimum Gasteiger partial charge on any atom is -0.0619 e. The van der Waals surface area contributed by atoms with Gasteiger partial charge >= 0.3 is 0 Å². The molecule has 0 bridgehead atoms. The van der Waals surface area contributed by atoms with E-state index < -0.39 is 0 Å². The van der Waals surface area contributed by atoms with Gasteiger partial charge in [0.1, 0.15) is 0 Å². The molecule has 1 aliphatic rings. The van der Waals surface area contributed by atoms with Gasteiger partial charge in [-0.25, -0.2) is 0 Å². The number of fused-ring (bicyclic) bond motifs is 3. The normalized spacial score (nSPS) is 14.4. The highest BCUT2D eigenvalue weighted by Gasteiger charge is 2.35. The van der Waals surface area contributed by atoms with Crippen LogP contribution in [-0.4, -0.2) is 0 Å². The maximum atomic E-state index is 3.59. The molecule has 114 valence electrons. The van der Waals surface area contributed by atoms with Crippen molar-refractivity contribution in [3.05, 3.63) is 80.7 Å². The van der Waals surface area contributed by atoms with Crippen LogP contribution < -0.4 is 0 Å². The summed E-state index contributed by atoms with van der Waals surface area (Å²) in [5, 5.41) is 0. The van der Waals surface area contributed by atoms with Crippen LogP contribution in [0.3, 0.4) is 0 Å². The topological polar surface area (TPSA) is 0 Å². The smallest absolute Gasteiger partial charge is 0.0192 e. The zero-order chi connectivity index (χ0) is 16.2. The van der Waals surface area contributed by atoms with Gasteiger partial charge in [0.15, 0.2) is 0 Å². The first kappa shape index (κ1) is 15.2. The van der Waals surface area contributed by atoms with Gasteiger partial charge in [-0.2, -0.15) is 0 Å². The van der Waals surface area contributed by atoms with Gasteiger partial charge in [0.2, 0.25) is 0 Å². The molecule has 0 saturated carbocycles. The molecule has 4 rings (SSSR count). The van der Waals surface area contributed by atoms with Gasteiger partial charge in [-0.05, 0) is 57.6 Å². The number of rotatable bonds is 1. The van der Waals surface area contributed by atoms with E-state index in [9.17, 15) is 0 Å². The highest BCUT2D eigenvalue weighted by molar-refractivity contribution is 9.11. The Hall–Kier alpha value is -1.38. The van der Waals surface area contributed by atoms with Crippen molar-refractivity contribution in [3.8, 4) is 22.3 Å². The second-order valence-corrected chi connectivity index (χ2v) is 8.42. The van der Waals surface area contributed by atoms with Crippen LogP contribution in [0, 0.1) is 0 Å². The van der Waals surface area contributed by atoms with Crippen LogP contribution in [0.25, 0.3) is 22.3 Å². The van der Waals surface area contributed by atoms with Crippen molar-refractivity contribution in [1.29, 1.82) is 0 Å². The molecule has 0 saturated heterocycles. The average molecular weight is 428 g/mol. The number of hydrogen-bond acceptors (Lipinski definition) is 0. The molecule has 2 heteroatoms. The van der Waals surface area contributed by atoms with Crippen molar-refractivity contribution in [2.45, 2.75) is 19.3 Å². The Morgan fingerprint density at radius 2 is 1.30 bits per heavy atom. The fourth-order valence-corrected chi connectivity index (χ4v) is 4.90. The first-order chi connectivity index (χ1) is 11.0. The molecule has 0 spiro atoms. The van der Waals surface area contributed by atoms with E-state index in [0.29, 0.717) is 0 Å². The fourth-order valence-electron chi connectivity index (χ4n) is 3.60. The number of benzene rings is 3. The second kappa shape index (κ2) is 5.32. The van der Waals surface area contributed by atoms with E-state index in [1.807, 2.05) is 0 Å². The van der Waals surface area contributed by atoms with Crippen LogP contribution in [0.5, 0.6) is 0 Å². The van der Waals surface area contributed by atoms with Gasteiger partial charge < -0.3 is 0 Å². The van der Waals surface area contributed by atoms with Gasteiger partial charge in [-0.1, -0.05) is 82.1 Å². The SMILES string of the molecule is CC1(C)c2ccccc2-c2ccc(-c3cc(Br)cc(Br)c3)cc21. The van der Waals surface area contributed by atoms with Crippen LogP contribution in [-0.2, 0) is 5.41 Å². The van der Waals surface area contributed by atoms with Gasteiger partial charge in [0.05, 0.1) is 0 Å². The molecule has 0 N–H and O–H groups in total. The first-order valence-electron chi connectivity index (χ1n) is 7.68. The quantitative estimate of drug-likeness (QED) is 0.385. The van der Waals surface area contributed by atoms with Crippen LogP contribution >= 0.6 is 31.9 Å². The summed E-state index contributed by atoms with van der Waals surface area (Å²) >= 11 is 7.18. The molecule has 3 aromatic carbocycles. The fraction of sp³-hybridized carbons (Fsp3) is 0.143. The summed E-state index contributed by atoms with van der Waals surface area (Å²) in [6, 6.07) is 22.0. The lowest BCUT2D eigenvalue weighted by atomic mass is 9.81. The Morgan fingerprint density at radius 3 is 2.04 bits per heavy atom. The lowest BCUT2D eigenvalue weighted by Crippen LogP contribution is -2.14. The Bertz CT molecular complexity index is 903. The summed E-state index contributed by atoms with van der Waals surface area (Å²) in [6.07, 6.45) is 0. The van der Waals surface area contributed by atoms with Crippen molar-refractivity contribution in [2.75, 3.05) is 0 Å². The van der Waals surface area contributed by atoms with E-state index >= 15 is 0 Å². The van der Waals surface area contributed by atoms with Crippen LogP contribution in [0.2, 0.25) is 0 Å². The maximum absolute atomic E-state index is 3.59. The van der Waals surface area contributed by atoms with E-state index in [0.717, 1.165) is 8.95 Å². The third kappa shape index (κ3) is 2.40. The highest BCUT2D eigenvalue weighted by atomic mass is 79.9. The predicted octanol–water partition coefficient (Wildman–Crippen LogP) is 7.18. The monoisotopic (exact) mass is 426 g/mol. The minimum absolute atomic E-state index is 0.0468. The third-order valence-electron chi connectivity index (χ3n) is 4.78. The van der Waals surface area contributed by atoms with Gasteiger partial charge in [0.25, 0.3) is 0 Å². The van der Waals surface area contributed by atoms with E-state index in [4.69, 9.17) is 0 Å². The molecular formula is C21H16Br2. The second-order valence-electron chi connectivity index (χ2n) is 6.59. The van der Waals surface area contributed by atoms with E-state index in [-0.39, 0.29) is 5.41 Å². The summed E-state index contributed by atoms with van der Waals surface area (Å²) in [5.74, 6) is 0. The van der Waals surface area contributed by atoms with Crippen molar-refractivity contribution in [2.24, 2.45) is 0 Å². The van der Waals surface area contributed by atoms with E-state index in [2.05, 4.69) is 106 Å². The average Bonchev–Trinajstić information content (AvgIpc) is 2.75. The Morgan fingerprint density at radius 1 is 0.652 bits per heavy atom. The first-order valence-corrected chi connectivity index (χ1v) is 9.26. The molecule has 0 aliphatic heterocycles. The molecule has 0 aromatic heterocycles. The zero-order valence-electron chi connectivity index (χ0n) is 13.0. The summed E-state index contributed by atoms with van der Waals surface area (Å²) in [4.78, 5) is 0. The zero-order valence-corrected chi connectivity index (χ0v) is 16.2. The minimum atomic E-state index is 0.0468. The molecule has 0 radical (unpaired) electrons. The predicted molar refractivity (Wildman–Crippen MR) is 105 cm³/mol. The standard InChI is InChI=1S/C21H16Br2/c1-21(2)19-6-4-3-5-17(19)18-8-7-13(11-20(18)21)14-9-15(22)12-16(23)10-14/h3-12H,1-2H3. The Kier molecular flexibility index (Phi) is 3.51. The van der Waals surface area contributed by atoms with Crippen molar-refractivity contribution < 1.29 is 0 Å². The number of hydrogen-bond donors (Lipinski definition) is 0. The van der Waals surface area contributed by atoms with Crippen LogP contribution in [0.4, 0.5) is 0 Å². The highest BCUT2D eigenvalue weighted by Crippen LogP contribution is 2.49. The van der Waals surface area contributed by atoms with Crippen molar-refractivity contribution in [1.82, 2.24) is 0 Å². The van der Waals surface area contributed by atoms with Gasteiger partial charge in [0, 0.05) is 14.4 Å². The van der Waals surface area contributed by atoms with Crippen LogP contribution in [0.1, 0.15) is 25.0 Å². The molecule has 0 heterocycles. The van der Waals surface area contributed by atoms with E-state index in [1.165, 1.54) is 33.4 Å². The maximum Gasteiger partial charge on any atom is 0.0192 e. The third-order valence-corrected chi connectivity index (χ3v) is 5.70. The Labute approximate surface area is 153 Å². The lowest BCUT2D eigenvalue weighted by Gasteiger charge is -2.22. The molecule has 1 aliphatic carbocycles. The molecule has 23 heavy (non-hydrogen) atoms. The summed E-state index contributed by atoms with van der Waals surface area (Å²) < 4.78 is 2.18. The van der Waals surface area contributed by atoms with Crippen molar-refractivity contribution >= 4 is 31.9 Å². The van der Waals surface area contributed by atoms with Crippen LogP contribution in [0.15, 0.2) is 69.6 Å². The molecule has 0 atom stereocenters. The van der Waals surface area contributed by atoms with Gasteiger partial charge in [-0.3, -0.25) is 0 Å². The molecular weight excluding hydrogens is 412 g/mol. The molecule has 0 unspecified atom stereocenters. The molecule has 0 amide bonds. The molecule has 3 aromatic rings. The summed E-state index contributed by atoms with van der Waals surface area (Å²) in [7, 11) is 0. The lowest BCUT2D eigenvalue weighted by molar-refractivity contribution is 0.660. The molecule has 0 nitrogen and oxygen atoms in total. The largest absolute Gasteiger partial charge is 0.0619 e. The number of halogens is 2. The molecule has 0 fully saturated rings. The van der Waals surface area contributed by atoms with Crippen molar-refractivity contribution in [3.63, 3.8) is 0 Å². The van der Waals surface area contributed by atoms with Gasteiger partial charge in [-0.15, -0.1) is 0 Å². The Balaban J connectivity index is 1.92. The summed E-state index contributed by atoms with van der Waals surface area (Å²) in [5.41, 5.74) is 8.09.